The van der Waals surface area contributed by atoms with Crippen molar-refractivity contribution in [3.63, 3.8) is 0 Å². The third kappa shape index (κ3) is 31.6. The summed E-state index contributed by atoms with van der Waals surface area (Å²) in [6, 6.07) is -0.857. The molecule has 0 aromatic heterocycles. The number of amides is 1. The van der Waals surface area contributed by atoms with Crippen molar-refractivity contribution in [2.45, 2.75) is 187 Å². The SMILES string of the molecule is CCCCCCCC/C=C\CCCCCCCCCC(=O)NC(COP(=O)(O)OCCN)C(O)/C=C/CCCCCCCCCC. The van der Waals surface area contributed by atoms with E-state index in [0.29, 0.717) is 6.42 Å². The van der Waals surface area contributed by atoms with Crippen LogP contribution in [0.3, 0.4) is 0 Å². The molecule has 3 atom stereocenters. The van der Waals surface area contributed by atoms with Crippen molar-refractivity contribution < 1.29 is 28.4 Å². The van der Waals surface area contributed by atoms with Crippen LogP contribution in [-0.4, -0.2) is 47.8 Å². The fourth-order valence-electron chi connectivity index (χ4n) is 5.36. The first kappa shape index (κ1) is 45.0. The number of nitrogens with one attached hydrogen (secondary N) is 1. The average molecular weight is 673 g/mol. The van der Waals surface area contributed by atoms with E-state index in [-0.39, 0.29) is 25.7 Å². The first-order chi connectivity index (χ1) is 22.4. The Labute approximate surface area is 283 Å². The maximum absolute atomic E-state index is 12.7. The predicted molar refractivity (Wildman–Crippen MR) is 194 cm³/mol. The standard InChI is InChI=1S/C37H73N2O6P/c1-3-5-7-9-11-13-15-16-17-18-19-20-21-23-25-27-29-31-37(41)39-35(34-45-46(42,43)44-33-32-38)36(40)30-28-26-24-22-14-12-10-8-6-4-2/h16-17,28,30,35-36,40H,3-15,18-27,29,31-34,38H2,1-2H3,(H,39,41)(H,42,43)/b17-16-,30-28+. The number of phosphoric ester groups is 1. The molecule has 9 heteroatoms. The Balaban J connectivity index is 4.25. The number of carbonyl (C=O) groups is 1. The summed E-state index contributed by atoms with van der Waals surface area (Å²) in [7, 11) is -4.33. The molecule has 0 aromatic carbocycles. The van der Waals surface area contributed by atoms with Gasteiger partial charge in [0, 0.05) is 13.0 Å². The Morgan fingerprint density at radius 3 is 1.61 bits per heavy atom. The number of nitrogens with two attached hydrogens (primary N) is 1. The number of aliphatic hydroxyl groups excluding tert-OH is 1. The third-order valence-electron chi connectivity index (χ3n) is 8.27. The molecule has 0 bridgehead atoms. The summed E-state index contributed by atoms with van der Waals surface area (Å²) < 4.78 is 22.0. The van der Waals surface area contributed by atoms with Crippen molar-refractivity contribution in [3.05, 3.63) is 24.3 Å². The Bertz CT molecular complexity index is 779. The number of aliphatic hydroxyl groups is 1. The van der Waals surface area contributed by atoms with E-state index in [1.807, 2.05) is 6.08 Å². The first-order valence-electron chi connectivity index (χ1n) is 19.0. The van der Waals surface area contributed by atoms with Crippen LogP contribution in [0.2, 0.25) is 0 Å². The molecule has 0 heterocycles. The highest BCUT2D eigenvalue weighted by Crippen LogP contribution is 2.43. The zero-order valence-electron chi connectivity index (χ0n) is 29.8. The highest BCUT2D eigenvalue weighted by Gasteiger charge is 2.26. The number of hydrogen-bond acceptors (Lipinski definition) is 6. The molecule has 0 aromatic rings. The van der Waals surface area contributed by atoms with Crippen LogP contribution in [0.25, 0.3) is 0 Å². The maximum Gasteiger partial charge on any atom is 0.472 e. The molecule has 272 valence electrons. The lowest BCUT2D eigenvalue weighted by Gasteiger charge is -2.23. The van der Waals surface area contributed by atoms with E-state index in [4.69, 9.17) is 14.8 Å². The van der Waals surface area contributed by atoms with E-state index >= 15 is 0 Å². The monoisotopic (exact) mass is 673 g/mol. The molecule has 0 spiro atoms. The first-order valence-corrected chi connectivity index (χ1v) is 20.5. The van der Waals surface area contributed by atoms with Crippen LogP contribution >= 0.6 is 7.82 Å². The smallest absolute Gasteiger partial charge is 0.387 e. The summed E-state index contributed by atoms with van der Waals surface area (Å²) in [5.41, 5.74) is 5.35. The van der Waals surface area contributed by atoms with E-state index in [0.717, 1.165) is 38.5 Å². The fourth-order valence-corrected chi connectivity index (χ4v) is 6.12. The van der Waals surface area contributed by atoms with Gasteiger partial charge in [0.15, 0.2) is 0 Å². The van der Waals surface area contributed by atoms with Gasteiger partial charge in [0.1, 0.15) is 0 Å². The maximum atomic E-state index is 12.7. The summed E-state index contributed by atoms with van der Waals surface area (Å²) in [6.07, 6.45) is 36.5. The molecule has 1 amide bonds. The van der Waals surface area contributed by atoms with Crippen LogP contribution in [0.4, 0.5) is 0 Å². The lowest BCUT2D eigenvalue weighted by atomic mass is 10.1. The zero-order chi connectivity index (χ0) is 34.0. The largest absolute Gasteiger partial charge is 0.472 e. The molecular formula is C37H73N2O6P. The molecule has 3 unspecified atom stereocenters. The van der Waals surface area contributed by atoms with Crippen molar-refractivity contribution in [3.8, 4) is 0 Å². The molecular weight excluding hydrogens is 599 g/mol. The summed E-state index contributed by atoms with van der Waals surface area (Å²) in [5.74, 6) is -0.201. The second kappa shape index (κ2) is 33.9. The van der Waals surface area contributed by atoms with Crippen molar-refractivity contribution >= 4 is 13.7 Å². The highest BCUT2D eigenvalue weighted by molar-refractivity contribution is 7.47. The van der Waals surface area contributed by atoms with Crippen LogP contribution in [0.5, 0.6) is 0 Å². The number of hydrogen-bond donors (Lipinski definition) is 4. The van der Waals surface area contributed by atoms with E-state index < -0.39 is 20.0 Å². The van der Waals surface area contributed by atoms with E-state index in [2.05, 4.69) is 31.3 Å². The van der Waals surface area contributed by atoms with E-state index in [1.165, 1.54) is 116 Å². The van der Waals surface area contributed by atoms with E-state index in [9.17, 15) is 19.4 Å². The topological polar surface area (TPSA) is 131 Å². The van der Waals surface area contributed by atoms with Gasteiger partial charge in [-0.2, -0.15) is 0 Å². The molecule has 0 saturated heterocycles. The van der Waals surface area contributed by atoms with Crippen LogP contribution in [0.15, 0.2) is 24.3 Å². The molecule has 0 saturated carbocycles. The van der Waals surface area contributed by atoms with Crippen LogP contribution < -0.4 is 11.1 Å². The molecule has 5 N–H and O–H groups in total. The Kier molecular flexibility index (Phi) is 33.1. The van der Waals surface area contributed by atoms with Crippen molar-refractivity contribution in [1.82, 2.24) is 5.32 Å². The van der Waals surface area contributed by atoms with Gasteiger partial charge in [0.05, 0.1) is 25.4 Å². The van der Waals surface area contributed by atoms with Gasteiger partial charge in [-0.1, -0.05) is 147 Å². The average Bonchev–Trinajstić information content (AvgIpc) is 3.04. The fraction of sp³-hybridized carbons (Fsp3) is 0.865. The quantitative estimate of drug-likeness (QED) is 0.0299. The molecule has 0 fully saturated rings. The molecule has 0 radical (unpaired) electrons. The van der Waals surface area contributed by atoms with Gasteiger partial charge < -0.3 is 21.1 Å². The number of phosphoric acid groups is 1. The third-order valence-corrected chi connectivity index (χ3v) is 9.26. The van der Waals surface area contributed by atoms with Gasteiger partial charge in [0.2, 0.25) is 5.91 Å². The Morgan fingerprint density at radius 1 is 0.696 bits per heavy atom. The van der Waals surface area contributed by atoms with Gasteiger partial charge in [-0.05, 0) is 44.9 Å². The molecule has 0 aliphatic carbocycles. The molecule has 46 heavy (non-hydrogen) atoms. The Morgan fingerprint density at radius 2 is 1.13 bits per heavy atom. The lowest BCUT2D eigenvalue weighted by Crippen LogP contribution is -2.45. The summed E-state index contributed by atoms with van der Waals surface area (Å²) in [4.78, 5) is 22.6. The lowest BCUT2D eigenvalue weighted by molar-refractivity contribution is -0.123. The molecule has 8 nitrogen and oxygen atoms in total. The van der Waals surface area contributed by atoms with Crippen LogP contribution in [0.1, 0.15) is 174 Å². The van der Waals surface area contributed by atoms with Gasteiger partial charge in [-0.3, -0.25) is 13.8 Å². The predicted octanol–water partition coefficient (Wildman–Crippen LogP) is 9.83. The van der Waals surface area contributed by atoms with Crippen LogP contribution in [0, 0.1) is 0 Å². The van der Waals surface area contributed by atoms with Crippen molar-refractivity contribution in [1.29, 1.82) is 0 Å². The normalized spacial score (nSPS) is 14.6. The minimum Gasteiger partial charge on any atom is -0.387 e. The minimum atomic E-state index is -4.33. The second-order valence-corrected chi connectivity index (χ2v) is 14.2. The minimum absolute atomic E-state index is 0.0783. The van der Waals surface area contributed by atoms with Gasteiger partial charge in [-0.25, -0.2) is 4.57 Å². The summed E-state index contributed by atoms with van der Waals surface area (Å²) in [5, 5.41) is 13.6. The second-order valence-electron chi connectivity index (χ2n) is 12.8. The molecule has 0 aliphatic rings. The van der Waals surface area contributed by atoms with Gasteiger partial charge in [0.25, 0.3) is 0 Å². The highest BCUT2D eigenvalue weighted by atomic mass is 31.2. The van der Waals surface area contributed by atoms with Crippen molar-refractivity contribution in [2.24, 2.45) is 5.73 Å². The van der Waals surface area contributed by atoms with Crippen molar-refractivity contribution in [2.75, 3.05) is 19.8 Å². The van der Waals surface area contributed by atoms with E-state index in [1.54, 1.807) is 6.08 Å². The zero-order valence-corrected chi connectivity index (χ0v) is 30.7. The number of unbranched alkanes of at least 4 members (excludes halogenated alkanes) is 21. The number of allylic oxidation sites excluding steroid dienone is 3. The summed E-state index contributed by atoms with van der Waals surface area (Å²) >= 11 is 0. The Hall–Kier alpha value is -1.02. The molecule has 0 rings (SSSR count). The number of carbonyl (C=O) groups excluding carboxylic acids is 1. The summed E-state index contributed by atoms with van der Waals surface area (Å²) in [6.45, 7) is 4.09. The molecule has 0 aliphatic heterocycles. The van der Waals surface area contributed by atoms with Gasteiger partial charge in [-0.15, -0.1) is 0 Å². The number of rotatable bonds is 35. The van der Waals surface area contributed by atoms with Gasteiger partial charge >= 0.3 is 7.82 Å². The van der Waals surface area contributed by atoms with Crippen LogP contribution in [-0.2, 0) is 18.4 Å².